The van der Waals surface area contributed by atoms with Crippen molar-refractivity contribution in [3.8, 4) is 11.5 Å². The summed E-state index contributed by atoms with van der Waals surface area (Å²) in [7, 11) is -11.4. The maximum absolute atomic E-state index is 14.2. The van der Waals surface area contributed by atoms with Gasteiger partial charge in [0.1, 0.15) is 11.5 Å². The molecule has 2 N–H and O–H groups in total. The van der Waals surface area contributed by atoms with Gasteiger partial charge in [0.25, 0.3) is 0 Å². The Morgan fingerprint density at radius 3 is 1.24 bits per heavy atom. The fourth-order valence-corrected chi connectivity index (χ4v) is 15.4. The van der Waals surface area contributed by atoms with Gasteiger partial charge in [-0.2, -0.15) is 8.99 Å². The van der Waals surface area contributed by atoms with Crippen molar-refractivity contribution in [1.29, 1.82) is 0 Å². The Labute approximate surface area is 347 Å². The second kappa shape index (κ2) is 18.0. The van der Waals surface area contributed by atoms with E-state index in [-0.39, 0.29) is 9.79 Å². The minimum absolute atomic E-state index is 0.200. The minimum Gasteiger partial charge on any atom is -0.455 e. The molecule has 0 fully saturated rings. The van der Waals surface area contributed by atoms with Crippen LogP contribution in [-0.2, 0) is 38.3 Å². The minimum atomic E-state index is -3.97. The highest BCUT2D eigenvalue weighted by Gasteiger charge is 2.40. The molecule has 0 spiro atoms. The summed E-state index contributed by atoms with van der Waals surface area (Å²) in [5, 5.41) is 3.05. The van der Waals surface area contributed by atoms with Crippen molar-refractivity contribution in [2.45, 2.75) is 81.4 Å². The molecule has 0 bridgehead atoms. The van der Waals surface area contributed by atoms with E-state index in [9.17, 15) is 16.8 Å². The number of unbranched alkanes of at least 4 members (excludes halogenated alkanes) is 2. The van der Waals surface area contributed by atoms with E-state index in [1.807, 2.05) is 121 Å². The van der Waals surface area contributed by atoms with Gasteiger partial charge in [-0.05, 0) is 83.8 Å². The highest BCUT2D eigenvalue weighted by Crippen LogP contribution is 2.51. The zero-order chi connectivity index (χ0) is 40.9. The lowest BCUT2D eigenvalue weighted by atomic mass is 9.76. The molecule has 6 aromatic carbocycles. The fraction of sp³-hybridized carbons (Fsp3) is 0.234. The normalized spacial score (nSPS) is 14.5. The zero-order valence-electron chi connectivity index (χ0n) is 33.4. The Balaban J connectivity index is 1.31. The van der Waals surface area contributed by atoms with Crippen molar-refractivity contribution in [2.75, 3.05) is 0 Å². The molecule has 0 saturated carbocycles. The molecule has 1 aliphatic rings. The van der Waals surface area contributed by atoms with Crippen molar-refractivity contribution in [2.24, 2.45) is 0 Å². The van der Waals surface area contributed by atoms with E-state index in [1.54, 1.807) is 24.3 Å². The molecular weight excluding hydrogens is 799 g/mol. The lowest BCUT2D eigenvalue weighted by Gasteiger charge is -2.38. The molecule has 7 rings (SSSR count). The average Bonchev–Trinajstić information content (AvgIpc) is 3.24. The molecule has 0 radical (unpaired) electrons. The molecule has 1 heterocycles. The third-order valence-corrected chi connectivity index (χ3v) is 19.0. The number of aryl methyl sites for hydroxylation is 2. The molecule has 0 amide bonds. The largest absolute Gasteiger partial charge is 0.455 e. The van der Waals surface area contributed by atoms with E-state index in [2.05, 4.69) is 36.7 Å². The van der Waals surface area contributed by atoms with E-state index in [0.717, 1.165) is 71.4 Å². The second-order valence-corrected chi connectivity index (χ2v) is 22.8. The molecule has 6 aromatic rings. The molecule has 11 heteroatoms. The monoisotopic (exact) mass is 848 g/mol. The molecule has 0 aliphatic carbocycles. The SMILES string of the molecule is CCCCc1ccc(S(=O)(=O)NP(c2ccccc2)c2cccc3c2Oc2c(P(NS(=O)(=O)c4ccc(CCCC)cc4)c4ccccc4)cccc2C3(C)C)cc1. The molecule has 1 aliphatic heterocycles. The number of fused-ring (bicyclic) bond motifs is 2. The predicted octanol–water partition coefficient (Wildman–Crippen LogP) is 9.46. The Morgan fingerprint density at radius 1 is 0.500 bits per heavy atom. The number of ether oxygens (including phenoxy) is 1. The van der Waals surface area contributed by atoms with Crippen molar-refractivity contribution in [3.63, 3.8) is 0 Å². The van der Waals surface area contributed by atoms with Crippen molar-refractivity contribution >= 4 is 57.4 Å². The Hall–Kier alpha value is -4.20. The van der Waals surface area contributed by atoms with Crippen LogP contribution in [0.25, 0.3) is 0 Å². The van der Waals surface area contributed by atoms with Crippen LogP contribution in [0.15, 0.2) is 155 Å². The van der Waals surface area contributed by atoms with Gasteiger partial charge in [-0.25, -0.2) is 16.8 Å². The maximum Gasteiger partial charge on any atom is 0.244 e. The molecule has 2 atom stereocenters. The number of rotatable bonds is 16. The molecule has 0 aromatic heterocycles. The van der Waals surface area contributed by atoms with Crippen molar-refractivity contribution in [1.82, 2.24) is 8.99 Å². The van der Waals surface area contributed by atoms with Gasteiger partial charge in [0, 0.05) is 43.3 Å². The van der Waals surface area contributed by atoms with E-state index in [4.69, 9.17) is 4.74 Å². The Kier molecular flexibility index (Phi) is 13.0. The van der Waals surface area contributed by atoms with Gasteiger partial charge in [-0.1, -0.05) is 150 Å². The van der Waals surface area contributed by atoms with Crippen LogP contribution in [0.2, 0.25) is 0 Å². The average molecular weight is 849 g/mol. The number of nitrogens with one attached hydrogen (secondary N) is 2. The third-order valence-electron chi connectivity index (χ3n) is 10.6. The van der Waals surface area contributed by atoms with E-state index in [0.29, 0.717) is 22.1 Å². The second-order valence-electron chi connectivity index (χ2n) is 15.1. The summed E-state index contributed by atoms with van der Waals surface area (Å²) in [5.41, 5.74) is 3.43. The fourth-order valence-electron chi connectivity index (χ4n) is 7.26. The summed E-state index contributed by atoms with van der Waals surface area (Å²) in [6, 6.07) is 45.4. The van der Waals surface area contributed by atoms with Crippen molar-refractivity contribution in [3.05, 3.63) is 168 Å². The molecule has 0 saturated heterocycles. The lowest BCUT2D eigenvalue weighted by Crippen LogP contribution is -2.35. The van der Waals surface area contributed by atoms with E-state index < -0.39 is 41.6 Å². The molecule has 58 heavy (non-hydrogen) atoms. The first-order valence-electron chi connectivity index (χ1n) is 19.8. The van der Waals surface area contributed by atoms with Crippen LogP contribution in [0.5, 0.6) is 11.5 Å². The van der Waals surface area contributed by atoms with Gasteiger partial charge >= 0.3 is 0 Å². The summed E-state index contributed by atoms with van der Waals surface area (Å²) in [6.45, 7) is 8.54. The van der Waals surface area contributed by atoms with Crippen LogP contribution in [-0.4, -0.2) is 16.8 Å². The van der Waals surface area contributed by atoms with E-state index in [1.165, 1.54) is 0 Å². The van der Waals surface area contributed by atoms with Gasteiger partial charge in [-0.3, -0.25) is 0 Å². The number of sulfonamides is 2. The van der Waals surface area contributed by atoms with Crippen LogP contribution in [0, 0.1) is 0 Å². The first kappa shape index (κ1) is 41.9. The van der Waals surface area contributed by atoms with Crippen LogP contribution in [0.1, 0.15) is 75.6 Å². The molecule has 2 unspecified atom stereocenters. The Bertz CT molecular complexity index is 2390. The first-order valence-corrected chi connectivity index (χ1v) is 25.5. The summed E-state index contributed by atoms with van der Waals surface area (Å²) < 4.78 is 70.2. The number of benzene rings is 6. The third kappa shape index (κ3) is 9.01. The predicted molar refractivity (Wildman–Crippen MR) is 241 cm³/mol. The maximum atomic E-state index is 14.2. The summed E-state index contributed by atoms with van der Waals surface area (Å²) >= 11 is 0. The summed E-state index contributed by atoms with van der Waals surface area (Å²) in [4.78, 5) is 0.400. The number of para-hydroxylation sites is 2. The highest BCUT2D eigenvalue weighted by molar-refractivity contribution is 7.98. The highest BCUT2D eigenvalue weighted by atomic mass is 32.2. The topological polar surface area (TPSA) is 102 Å². The van der Waals surface area contributed by atoms with Crippen molar-refractivity contribution < 1.29 is 21.6 Å². The van der Waals surface area contributed by atoms with Gasteiger partial charge in [0.2, 0.25) is 20.0 Å². The van der Waals surface area contributed by atoms with Crippen LogP contribution >= 0.6 is 16.1 Å². The van der Waals surface area contributed by atoms with Gasteiger partial charge in [-0.15, -0.1) is 0 Å². The lowest BCUT2D eigenvalue weighted by molar-refractivity contribution is 0.425. The smallest absolute Gasteiger partial charge is 0.244 e. The van der Waals surface area contributed by atoms with Crippen LogP contribution in [0.3, 0.4) is 0 Å². The summed E-state index contributed by atoms with van der Waals surface area (Å²) in [5.74, 6) is 1.13. The van der Waals surface area contributed by atoms with Crippen LogP contribution < -0.4 is 34.9 Å². The molecule has 300 valence electrons. The number of hydrogen-bond donors (Lipinski definition) is 2. The zero-order valence-corrected chi connectivity index (χ0v) is 36.8. The first-order chi connectivity index (χ1) is 27.9. The molecule has 7 nitrogen and oxygen atoms in total. The van der Waals surface area contributed by atoms with Gasteiger partial charge in [0.15, 0.2) is 0 Å². The van der Waals surface area contributed by atoms with Gasteiger partial charge in [0.05, 0.1) is 9.79 Å². The summed E-state index contributed by atoms with van der Waals surface area (Å²) in [6.07, 6.45) is 5.99. The van der Waals surface area contributed by atoms with Gasteiger partial charge < -0.3 is 4.74 Å². The molecular formula is C47H50N2O5P2S2. The number of hydrogen-bond acceptors (Lipinski definition) is 5. The van der Waals surface area contributed by atoms with Crippen LogP contribution in [0.4, 0.5) is 0 Å². The van der Waals surface area contributed by atoms with E-state index >= 15 is 0 Å². The Morgan fingerprint density at radius 2 is 0.879 bits per heavy atom. The standard InChI is InChI=1S/C47H50N2O5P2S2/c1-5-7-17-35-27-31-39(32-28-35)57(50,51)48-55(37-19-11-9-12-20-37)43-25-15-23-41-45(43)54-46-42(47(41,3)4)24-16-26-44(46)56(38-21-13-10-14-22-38)49-58(52,53)40-33-29-36(30-34-40)18-8-6-2/h9-16,19-34,48-49H,5-8,17-18H2,1-4H3. The quantitative estimate of drug-likeness (QED) is 0.0946.